The second-order valence-electron chi connectivity index (χ2n) is 4.90. The summed E-state index contributed by atoms with van der Waals surface area (Å²) in [6, 6.07) is 15.3. The molecule has 0 N–H and O–H groups in total. The second-order valence-corrected chi connectivity index (χ2v) is 4.90. The number of hydrogen-bond donors (Lipinski definition) is 0. The van der Waals surface area contributed by atoms with Gasteiger partial charge in [-0.3, -0.25) is 4.79 Å². The van der Waals surface area contributed by atoms with Crippen LogP contribution in [0.4, 0.5) is 0 Å². The molecule has 0 bridgehead atoms. The lowest BCUT2D eigenvalue weighted by Crippen LogP contribution is -2.24. The molecule has 0 fully saturated rings. The molecule has 1 atom stereocenters. The zero-order chi connectivity index (χ0) is 16.7. The van der Waals surface area contributed by atoms with Gasteiger partial charge in [-0.15, -0.1) is 0 Å². The summed E-state index contributed by atoms with van der Waals surface area (Å²) in [7, 11) is 0. The van der Waals surface area contributed by atoms with Crippen LogP contribution in [0, 0.1) is 0 Å². The second kappa shape index (κ2) is 7.94. The predicted molar refractivity (Wildman–Crippen MR) is 87.8 cm³/mol. The van der Waals surface area contributed by atoms with Gasteiger partial charge < -0.3 is 9.47 Å². The predicted octanol–water partition coefficient (Wildman–Crippen LogP) is 3.68. The van der Waals surface area contributed by atoms with Crippen LogP contribution >= 0.6 is 0 Å². The van der Waals surface area contributed by atoms with E-state index in [4.69, 9.17) is 9.47 Å². The molecule has 0 saturated heterocycles. The number of rotatable bonds is 7. The number of hydrogen-bond acceptors (Lipinski definition) is 4. The number of carbonyl (C=O) groups is 2. The highest BCUT2D eigenvalue weighted by Crippen LogP contribution is 2.14. The molecule has 0 aliphatic heterocycles. The Balaban J connectivity index is 1.98. The standard InChI is InChI=1S/C19H18O4/c1-3-13-22-17-11-9-16(10-12-17)19(21)23-14(2)18(20)15-7-5-4-6-8-15/h3-12,14H,1,13H2,2H3. The normalized spacial score (nSPS) is 11.3. The molecule has 0 heterocycles. The Morgan fingerprint density at radius 1 is 1.04 bits per heavy atom. The molecule has 2 rings (SSSR count). The van der Waals surface area contributed by atoms with E-state index in [9.17, 15) is 9.59 Å². The molecule has 0 radical (unpaired) electrons. The minimum atomic E-state index is -0.846. The monoisotopic (exact) mass is 310 g/mol. The van der Waals surface area contributed by atoms with Gasteiger partial charge in [0, 0.05) is 5.56 Å². The third-order valence-electron chi connectivity index (χ3n) is 3.17. The van der Waals surface area contributed by atoms with Crippen LogP contribution in [0.15, 0.2) is 67.3 Å². The molecule has 1 unspecified atom stereocenters. The molecule has 118 valence electrons. The Morgan fingerprint density at radius 3 is 2.30 bits per heavy atom. The topological polar surface area (TPSA) is 52.6 Å². The number of ketones is 1. The lowest BCUT2D eigenvalue weighted by molar-refractivity contribution is 0.0319. The maximum atomic E-state index is 12.2. The highest BCUT2D eigenvalue weighted by molar-refractivity contribution is 6.01. The van der Waals surface area contributed by atoms with E-state index in [1.807, 2.05) is 6.07 Å². The van der Waals surface area contributed by atoms with Gasteiger partial charge in [0.25, 0.3) is 0 Å². The minimum absolute atomic E-state index is 0.232. The molecule has 23 heavy (non-hydrogen) atoms. The van der Waals surface area contributed by atoms with Crippen molar-refractivity contribution >= 4 is 11.8 Å². The van der Waals surface area contributed by atoms with Crippen molar-refractivity contribution in [2.45, 2.75) is 13.0 Å². The first kappa shape index (κ1) is 16.5. The number of benzene rings is 2. The molecular formula is C19H18O4. The van der Waals surface area contributed by atoms with Gasteiger partial charge in [-0.1, -0.05) is 43.0 Å². The van der Waals surface area contributed by atoms with Crippen molar-refractivity contribution in [2.24, 2.45) is 0 Å². The zero-order valence-electron chi connectivity index (χ0n) is 12.9. The zero-order valence-corrected chi connectivity index (χ0v) is 12.9. The van der Waals surface area contributed by atoms with Gasteiger partial charge in [0.1, 0.15) is 12.4 Å². The summed E-state index contributed by atoms with van der Waals surface area (Å²) in [5.74, 6) is -0.142. The number of ether oxygens (including phenoxy) is 2. The van der Waals surface area contributed by atoms with Crippen molar-refractivity contribution in [1.82, 2.24) is 0 Å². The Hall–Kier alpha value is -2.88. The van der Waals surface area contributed by atoms with E-state index >= 15 is 0 Å². The van der Waals surface area contributed by atoms with Crippen LogP contribution in [-0.2, 0) is 4.74 Å². The Kier molecular flexibility index (Phi) is 5.69. The quantitative estimate of drug-likeness (QED) is 0.445. The average molecular weight is 310 g/mol. The number of esters is 1. The van der Waals surface area contributed by atoms with Crippen LogP contribution in [0.2, 0.25) is 0 Å². The minimum Gasteiger partial charge on any atom is -0.490 e. The average Bonchev–Trinajstić information content (AvgIpc) is 2.60. The largest absolute Gasteiger partial charge is 0.490 e. The first-order valence-corrected chi connectivity index (χ1v) is 7.26. The lowest BCUT2D eigenvalue weighted by Gasteiger charge is -2.12. The Bertz CT molecular complexity index is 674. The molecule has 0 aliphatic rings. The van der Waals surface area contributed by atoms with Crippen LogP contribution in [0.3, 0.4) is 0 Å². The fourth-order valence-corrected chi connectivity index (χ4v) is 1.96. The van der Waals surface area contributed by atoms with Crippen LogP contribution < -0.4 is 4.74 Å². The highest BCUT2D eigenvalue weighted by Gasteiger charge is 2.20. The maximum absolute atomic E-state index is 12.2. The number of carbonyl (C=O) groups excluding carboxylic acids is 2. The molecule has 4 nitrogen and oxygen atoms in total. The SMILES string of the molecule is C=CCOc1ccc(C(=O)OC(C)C(=O)c2ccccc2)cc1. The van der Waals surface area contributed by atoms with Crippen molar-refractivity contribution < 1.29 is 19.1 Å². The van der Waals surface area contributed by atoms with E-state index in [0.717, 1.165) is 0 Å². The van der Waals surface area contributed by atoms with Crippen LogP contribution in [0.1, 0.15) is 27.6 Å². The van der Waals surface area contributed by atoms with Gasteiger partial charge in [-0.05, 0) is 31.2 Å². The molecule has 0 spiro atoms. The van der Waals surface area contributed by atoms with E-state index in [1.54, 1.807) is 61.5 Å². The van der Waals surface area contributed by atoms with Crippen molar-refractivity contribution in [3.05, 3.63) is 78.4 Å². The molecule has 2 aromatic carbocycles. The van der Waals surface area contributed by atoms with Crippen LogP contribution in [-0.4, -0.2) is 24.5 Å². The third-order valence-corrected chi connectivity index (χ3v) is 3.17. The molecule has 0 aromatic heterocycles. The summed E-state index contributed by atoms with van der Waals surface area (Å²) < 4.78 is 10.6. The Morgan fingerprint density at radius 2 is 1.70 bits per heavy atom. The van der Waals surface area contributed by atoms with Gasteiger partial charge >= 0.3 is 5.97 Å². The van der Waals surface area contributed by atoms with Crippen molar-refractivity contribution in [3.8, 4) is 5.75 Å². The van der Waals surface area contributed by atoms with E-state index < -0.39 is 12.1 Å². The van der Waals surface area contributed by atoms with Gasteiger partial charge in [0.2, 0.25) is 5.78 Å². The summed E-state index contributed by atoms with van der Waals surface area (Å²) >= 11 is 0. The summed E-state index contributed by atoms with van der Waals surface area (Å²) in [5.41, 5.74) is 0.879. The van der Waals surface area contributed by atoms with E-state index in [1.165, 1.54) is 0 Å². The Labute approximate surface area is 135 Å². The summed E-state index contributed by atoms with van der Waals surface area (Å²) in [5, 5.41) is 0. The summed E-state index contributed by atoms with van der Waals surface area (Å²) in [6.07, 6.45) is 0.792. The first-order chi connectivity index (χ1) is 11.1. The van der Waals surface area contributed by atoms with Crippen molar-refractivity contribution in [3.63, 3.8) is 0 Å². The fraction of sp³-hybridized carbons (Fsp3) is 0.158. The fourth-order valence-electron chi connectivity index (χ4n) is 1.96. The van der Waals surface area contributed by atoms with Crippen LogP contribution in [0.25, 0.3) is 0 Å². The third kappa shape index (κ3) is 4.54. The first-order valence-electron chi connectivity index (χ1n) is 7.26. The van der Waals surface area contributed by atoms with E-state index in [2.05, 4.69) is 6.58 Å². The van der Waals surface area contributed by atoms with Gasteiger partial charge in [-0.25, -0.2) is 4.79 Å². The van der Waals surface area contributed by atoms with Crippen LogP contribution in [0.5, 0.6) is 5.75 Å². The molecule has 0 saturated carbocycles. The molecule has 0 amide bonds. The smallest absolute Gasteiger partial charge is 0.338 e. The summed E-state index contributed by atoms with van der Waals surface area (Å²) in [6.45, 7) is 5.52. The van der Waals surface area contributed by atoms with Crippen molar-refractivity contribution in [1.29, 1.82) is 0 Å². The highest BCUT2D eigenvalue weighted by atomic mass is 16.5. The number of Topliss-reactive ketones (excluding diaryl/α,β-unsaturated/α-hetero) is 1. The van der Waals surface area contributed by atoms with E-state index in [-0.39, 0.29) is 5.78 Å². The molecule has 4 heteroatoms. The van der Waals surface area contributed by atoms with Crippen molar-refractivity contribution in [2.75, 3.05) is 6.61 Å². The van der Waals surface area contributed by atoms with E-state index in [0.29, 0.717) is 23.5 Å². The maximum Gasteiger partial charge on any atom is 0.338 e. The summed E-state index contributed by atoms with van der Waals surface area (Å²) in [4.78, 5) is 24.3. The lowest BCUT2D eigenvalue weighted by atomic mass is 10.1. The molecule has 2 aromatic rings. The molecule has 0 aliphatic carbocycles. The van der Waals surface area contributed by atoms with Gasteiger partial charge in [-0.2, -0.15) is 0 Å². The van der Waals surface area contributed by atoms with Gasteiger partial charge in [0.15, 0.2) is 6.10 Å². The molecular weight excluding hydrogens is 292 g/mol. The van der Waals surface area contributed by atoms with Gasteiger partial charge in [0.05, 0.1) is 5.56 Å².